The molecule has 4 nitrogen and oxygen atoms in total. The number of carbonyl (C=O) groups is 1. The predicted molar refractivity (Wildman–Crippen MR) is 51.8 cm³/mol. The third kappa shape index (κ3) is 2.40. The molecule has 0 unspecified atom stereocenters. The molecule has 0 saturated carbocycles. The van der Waals surface area contributed by atoms with Crippen LogP contribution in [0.3, 0.4) is 0 Å². The van der Waals surface area contributed by atoms with Gasteiger partial charge in [0.1, 0.15) is 0 Å². The highest BCUT2D eigenvalue weighted by atomic mass is 32.2. The Morgan fingerprint density at radius 2 is 2.00 bits per heavy atom. The standard InChI is InChI=1S/C9H10O4S/c10-5-6-14(13)8-4-2-1-3-7(8)9(11)12/h1-4,10H,5-6H2,(H,11,12)/t14-/m1/s1. The zero-order chi connectivity index (χ0) is 10.6. The van der Waals surface area contributed by atoms with E-state index >= 15 is 0 Å². The molecule has 0 bridgehead atoms. The third-order valence-corrected chi connectivity index (χ3v) is 3.04. The van der Waals surface area contributed by atoms with Crippen molar-refractivity contribution in [1.29, 1.82) is 0 Å². The summed E-state index contributed by atoms with van der Waals surface area (Å²) in [6.45, 7) is -0.222. The van der Waals surface area contributed by atoms with E-state index in [4.69, 9.17) is 10.2 Å². The summed E-state index contributed by atoms with van der Waals surface area (Å²) in [5.74, 6) is -1.04. The first-order valence-electron chi connectivity index (χ1n) is 3.98. The van der Waals surface area contributed by atoms with Gasteiger partial charge in [-0.1, -0.05) is 12.1 Å². The first-order chi connectivity index (χ1) is 6.66. The molecule has 0 radical (unpaired) electrons. The highest BCUT2D eigenvalue weighted by Crippen LogP contribution is 2.13. The van der Waals surface area contributed by atoms with Gasteiger partial charge < -0.3 is 10.2 Å². The molecule has 0 saturated heterocycles. The molecule has 0 aliphatic heterocycles. The maximum absolute atomic E-state index is 11.5. The second kappa shape index (κ2) is 4.88. The Hall–Kier alpha value is -1.20. The van der Waals surface area contributed by atoms with Crippen LogP contribution >= 0.6 is 0 Å². The van der Waals surface area contributed by atoms with Crippen LogP contribution in [0.15, 0.2) is 29.2 Å². The Kier molecular flexibility index (Phi) is 3.79. The fourth-order valence-electron chi connectivity index (χ4n) is 1.03. The normalized spacial score (nSPS) is 12.4. The first kappa shape index (κ1) is 10.9. The van der Waals surface area contributed by atoms with Gasteiger partial charge in [-0.2, -0.15) is 0 Å². The van der Waals surface area contributed by atoms with Gasteiger partial charge in [-0.15, -0.1) is 0 Å². The summed E-state index contributed by atoms with van der Waals surface area (Å²) in [7, 11) is -1.45. The molecule has 2 N–H and O–H groups in total. The van der Waals surface area contributed by atoms with Crippen LogP contribution in [0.25, 0.3) is 0 Å². The van der Waals surface area contributed by atoms with Crippen molar-refractivity contribution in [2.45, 2.75) is 4.90 Å². The molecule has 0 fully saturated rings. The number of aromatic carboxylic acids is 1. The Balaban J connectivity index is 3.07. The summed E-state index contributed by atoms with van der Waals surface area (Å²) in [5.41, 5.74) is 0.0271. The molecule has 0 amide bonds. The fraction of sp³-hybridized carbons (Fsp3) is 0.222. The zero-order valence-corrected chi connectivity index (χ0v) is 8.16. The van der Waals surface area contributed by atoms with Crippen LogP contribution in [-0.4, -0.2) is 32.8 Å². The summed E-state index contributed by atoms with van der Waals surface area (Å²) >= 11 is 0. The second-order valence-corrected chi connectivity index (χ2v) is 4.11. The summed E-state index contributed by atoms with van der Waals surface area (Å²) in [4.78, 5) is 11.0. The maximum atomic E-state index is 11.5. The van der Waals surface area contributed by atoms with E-state index in [1.807, 2.05) is 0 Å². The van der Waals surface area contributed by atoms with E-state index in [1.54, 1.807) is 12.1 Å². The summed E-state index contributed by atoms with van der Waals surface area (Å²) in [6, 6.07) is 6.09. The predicted octanol–water partition coefficient (Wildman–Crippen LogP) is 0.485. The fourth-order valence-corrected chi connectivity index (χ4v) is 2.05. The van der Waals surface area contributed by atoms with E-state index < -0.39 is 16.8 Å². The summed E-state index contributed by atoms with van der Waals surface area (Å²) in [5, 5.41) is 17.4. The van der Waals surface area contributed by atoms with Crippen LogP contribution in [0.1, 0.15) is 10.4 Å². The number of carboxylic acids is 1. The van der Waals surface area contributed by atoms with Crippen LogP contribution < -0.4 is 0 Å². The molecular weight excluding hydrogens is 204 g/mol. The van der Waals surface area contributed by atoms with E-state index in [-0.39, 0.29) is 22.8 Å². The number of carboxylic acid groups (broad SMARTS) is 1. The molecule has 1 aromatic rings. The lowest BCUT2D eigenvalue weighted by Crippen LogP contribution is -2.08. The third-order valence-electron chi connectivity index (χ3n) is 1.64. The number of aliphatic hydroxyl groups is 1. The molecule has 0 spiro atoms. The van der Waals surface area contributed by atoms with Crippen LogP contribution in [0.5, 0.6) is 0 Å². The van der Waals surface area contributed by atoms with Crippen molar-refractivity contribution in [3.8, 4) is 0 Å². The number of aliphatic hydroxyl groups excluding tert-OH is 1. The summed E-state index contributed by atoms with van der Waals surface area (Å²) in [6.07, 6.45) is 0. The van der Waals surface area contributed by atoms with Gasteiger partial charge in [0, 0.05) is 0 Å². The minimum Gasteiger partial charge on any atom is -0.478 e. The van der Waals surface area contributed by atoms with Gasteiger partial charge >= 0.3 is 5.97 Å². The molecule has 5 heteroatoms. The van der Waals surface area contributed by atoms with Gasteiger partial charge in [-0.3, -0.25) is 4.21 Å². The van der Waals surface area contributed by atoms with Gasteiger partial charge in [0.05, 0.1) is 33.6 Å². The lowest BCUT2D eigenvalue weighted by Gasteiger charge is -2.03. The van der Waals surface area contributed by atoms with Crippen LogP contribution in [-0.2, 0) is 10.8 Å². The van der Waals surface area contributed by atoms with E-state index in [2.05, 4.69) is 0 Å². The lowest BCUT2D eigenvalue weighted by atomic mass is 10.2. The van der Waals surface area contributed by atoms with Crippen LogP contribution in [0.2, 0.25) is 0 Å². The van der Waals surface area contributed by atoms with Gasteiger partial charge in [0.15, 0.2) is 0 Å². The van der Waals surface area contributed by atoms with Crippen molar-refractivity contribution in [3.05, 3.63) is 29.8 Å². The molecule has 1 atom stereocenters. The van der Waals surface area contributed by atoms with Gasteiger partial charge in [0.2, 0.25) is 0 Å². The largest absolute Gasteiger partial charge is 0.478 e. The maximum Gasteiger partial charge on any atom is 0.336 e. The molecule has 14 heavy (non-hydrogen) atoms. The average molecular weight is 214 g/mol. The van der Waals surface area contributed by atoms with E-state index in [0.29, 0.717) is 0 Å². The highest BCUT2D eigenvalue weighted by molar-refractivity contribution is 7.85. The van der Waals surface area contributed by atoms with Crippen molar-refractivity contribution in [1.82, 2.24) is 0 Å². The van der Waals surface area contributed by atoms with Gasteiger partial charge in [-0.05, 0) is 12.1 Å². The van der Waals surface area contributed by atoms with E-state index in [9.17, 15) is 9.00 Å². The van der Waals surface area contributed by atoms with Crippen LogP contribution in [0, 0.1) is 0 Å². The number of benzene rings is 1. The quantitative estimate of drug-likeness (QED) is 0.764. The number of hydrogen-bond donors (Lipinski definition) is 2. The Morgan fingerprint density at radius 1 is 1.36 bits per heavy atom. The first-order valence-corrected chi connectivity index (χ1v) is 5.30. The number of rotatable bonds is 4. The smallest absolute Gasteiger partial charge is 0.336 e. The average Bonchev–Trinajstić information content (AvgIpc) is 2.18. The monoisotopic (exact) mass is 214 g/mol. The molecular formula is C9H10O4S. The van der Waals surface area contributed by atoms with Crippen molar-refractivity contribution in [3.63, 3.8) is 0 Å². The van der Waals surface area contributed by atoms with E-state index in [1.165, 1.54) is 12.1 Å². The molecule has 0 aliphatic rings. The van der Waals surface area contributed by atoms with Crippen molar-refractivity contribution < 1.29 is 19.2 Å². The molecule has 1 rings (SSSR count). The lowest BCUT2D eigenvalue weighted by molar-refractivity contribution is 0.0693. The molecule has 0 aliphatic carbocycles. The van der Waals surface area contributed by atoms with Crippen molar-refractivity contribution in [2.75, 3.05) is 12.4 Å². The minimum absolute atomic E-state index is 0.0271. The van der Waals surface area contributed by atoms with Gasteiger partial charge in [0.25, 0.3) is 0 Å². The number of hydrogen-bond acceptors (Lipinski definition) is 3. The topological polar surface area (TPSA) is 74.6 Å². The zero-order valence-electron chi connectivity index (χ0n) is 7.34. The van der Waals surface area contributed by atoms with Crippen molar-refractivity contribution in [2.24, 2.45) is 0 Å². The van der Waals surface area contributed by atoms with Gasteiger partial charge in [-0.25, -0.2) is 4.79 Å². The minimum atomic E-state index is -1.45. The van der Waals surface area contributed by atoms with Crippen molar-refractivity contribution >= 4 is 16.8 Å². The highest BCUT2D eigenvalue weighted by Gasteiger charge is 2.13. The molecule has 0 heterocycles. The molecule has 1 aromatic carbocycles. The Morgan fingerprint density at radius 3 is 2.57 bits per heavy atom. The molecule has 0 aromatic heterocycles. The second-order valence-electron chi connectivity index (χ2n) is 2.57. The van der Waals surface area contributed by atoms with Crippen LogP contribution in [0.4, 0.5) is 0 Å². The Labute approximate surface area is 83.7 Å². The SMILES string of the molecule is O=C(O)c1ccccc1[S@](=O)CCO. The molecule has 76 valence electrons. The Bertz CT molecular complexity index is 362. The van der Waals surface area contributed by atoms with E-state index in [0.717, 1.165) is 0 Å². The summed E-state index contributed by atoms with van der Waals surface area (Å²) < 4.78 is 11.5.